The van der Waals surface area contributed by atoms with E-state index in [-0.39, 0.29) is 5.78 Å². The van der Waals surface area contributed by atoms with E-state index in [1.807, 2.05) is 44.2 Å². The van der Waals surface area contributed by atoms with Crippen LogP contribution in [-0.2, 0) is 0 Å². The number of ketones is 1. The SMILES string of the molecule is Cc1ccc(C)c(/C=C/C(=O)c2cccc(Br)c2)c1. The molecule has 2 aromatic rings. The first-order valence-corrected chi connectivity index (χ1v) is 6.91. The zero-order valence-corrected chi connectivity index (χ0v) is 12.6. The molecule has 0 atom stereocenters. The number of carbonyl (C=O) groups is 1. The molecule has 0 fully saturated rings. The minimum atomic E-state index is 0.0159. The van der Waals surface area contributed by atoms with Gasteiger partial charge in [-0.1, -0.05) is 57.9 Å². The van der Waals surface area contributed by atoms with E-state index in [0.29, 0.717) is 5.56 Å². The molecule has 0 aliphatic carbocycles. The lowest BCUT2D eigenvalue weighted by Crippen LogP contribution is -1.93. The number of aryl methyl sites for hydroxylation is 2. The summed E-state index contributed by atoms with van der Waals surface area (Å²) in [4.78, 5) is 12.1. The van der Waals surface area contributed by atoms with Crippen molar-refractivity contribution in [3.8, 4) is 0 Å². The van der Waals surface area contributed by atoms with Crippen LogP contribution in [0.1, 0.15) is 27.0 Å². The van der Waals surface area contributed by atoms with Gasteiger partial charge in [-0.25, -0.2) is 0 Å². The standard InChI is InChI=1S/C17H15BrO/c1-12-6-7-13(2)14(10-12)8-9-17(19)15-4-3-5-16(18)11-15/h3-11H,1-2H3/b9-8+. The highest BCUT2D eigenvalue weighted by Gasteiger charge is 2.02. The monoisotopic (exact) mass is 314 g/mol. The minimum absolute atomic E-state index is 0.0159. The van der Waals surface area contributed by atoms with Crippen LogP contribution in [0, 0.1) is 13.8 Å². The number of halogens is 1. The van der Waals surface area contributed by atoms with Gasteiger partial charge < -0.3 is 0 Å². The molecule has 0 spiro atoms. The molecule has 0 saturated heterocycles. The van der Waals surface area contributed by atoms with Gasteiger partial charge >= 0.3 is 0 Å². The van der Waals surface area contributed by atoms with E-state index < -0.39 is 0 Å². The number of rotatable bonds is 3. The largest absolute Gasteiger partial charge is 0.289 e. The molecular formula is C17H15BrO. The summed E-state index contributed by atoms with van der Waals surface area (Å²) in [7, 11) is 0. The van der Waals surface area contributed by atoms with Crippen molar-refractivity contribution in [2.75, 3.05) is 0 Å². The smallest absolute Gasteiger partial charge is 0.185 e. The van der Waals surface area contributed by atoms with Gasteiger partial charge in [0, 0.05) is 10.0 Å². The predicted octanol–water partition coefficient (Wildman–Crippen LogP) is 4.96. The van der Waals surface area contributed by atoms with E-state index >= 15 is 0 Å². The summed E-state index contributed by atoms with van der Waals surface area (Å²) in [5.41, 5.74) is 4.14. The number of hydrogen-bond acceptors (Lipinski definition) is 1. The van der Waals surface area contributed by atoms with Crippen LogP contribution in [0.15, 0.2) is 53.0 Å². The van der Waals surface area contributed by atoms with Crippen molar-refractivity contribution >= 4 is 27.8 Å². The molecule has 2 aromatic carbocycles. The van der Waals surface area contributed by atoms with Crippen molar-refractivity contribution in [2.24, 2.45) is 0 Å². The van der Waals surface area contributed by atoms with Gasteiger partial charge in [0.1, 0.15) is 0 Å². The summed E-state index contributed by atoms with van der Waals surface area (Å²) >= 11 is 3.37. The molecule has 0 aliphatic heterocycles. The summed E-state index contributed by atoms with van der Waals surface area (Å²) in [5.74, 6) is 0.0159. The Balaban J connectivity index is 2.23. The van der Waals surface area contributed by atoms with Crippen LogP contribution in [0.25, 0.3) is 6.08 Å². The molecule has 96 valence electrons. The van der Waals surface area contributed by atoms with Crippen LogP contribution in [0.4, 0.5) is 0 Å². The normalized spacial score (nSPS) is 10.9. The molecule has 0 unspecified atom stereocenters. The van der Waals surface area contributed by atoms with Crippen LogP contribution >= 0.6 is 15.9 Å². The maximum Gasteiger partial charge on any atom is 0.185 e. The first-order valence-electron chi connectivity index (χ1n) is 6.11. The molecule has 2 heteroatoms. The molecule has 0 aliphatic rings. The fourth-order valence-electron chi connectivity index (χ4n) is 1.84. The lowest BCUT2D eigenvalue weighted by Gasteiger charge is -2.02. The zero-order chi connectivity index (χ0) is 13.8. The maximum absolute atomic E-state index is 12.1. The van der Waals surface area contributed by atoms with Gasteiger partial charge in [-0.15, -0.1) is 0 Å². The molecule has 0 radical (unpaired) electrons. The summed E-state index contributed by atoms with van der Waals surface area (Å²) in [5, 5.41) is 0. The Labute approximate surface area is 122 Å². The summed E-state index contributed by atoms with van der Waals surface area (Å²) in [6, 6.07) is 13.6. The molecule has 0 saturated carbocycles. The molecule has 0 aromatic heterocycles. The van der Waals surface area contributed by atoms with E-state index in [9.17, 15) is 4.79 Å². The predicted molar refractivity (Wildman–Crippen MR) is 83.4 cm³/mol. The van der Waals surface area contributed by atoms with E-state index in [0.717, 1.165) is 10.0 Å². The molecule has 1 nitrogen and oxygen atoms in total. The Hall–Kier alpha value is -1.67. The third-order valence-corrected chi connectivity index (χ3v) is 3.45. The van der Waals surface area contributed by atoms with Gasteiger partial charge in [-0.05, 0) is 43.2 Å². The van der Waals surface area contributed by atoms with Gasteiger partial charge in [0.05, 0.1) is 0 Å². The quantitative estimate of drug-likeness (QED) is 0.578. The molecule has 0 amide bonds. The van der Waals surface area contributed by atoms with Crippen molar-refractivity contribution < 1.29 is 4.79 Å². The van der Waals surface area contributed by atoms with Crippen molar-refractivity contribution in [3.63, 3.8) is 0 Å². The Kier molecular flexibility index (Phi) is 4.33. The number of benzene rings is 2. The topological polar surface area (TPSA) is 17.1 Å². The Morgan fingerprint density at radius 3 is 2.63 bits per heavy atom. The second kappa shape index (κ2) is 5.98. The fraction of sp³-hybridized carbons (Fsp3) is 0.118. The molecule has 0 bridgehead atoms. The Morgan fingerprint density at radius 1 is 1.11 bits per heavy atom. The van der Waals surface area contributed by atoms with Crippen molar-refractivity contribution in [3.05, 3.63) is 75.3 Å². The van der Waals surface area contributed by atoms with Gasteiger partial charge in [0.15, 0.2) is 5.78 Å². The first-order chi connectivity index (χ1) is 9.06. The zero-order valence-electron chi connectivity index (χ0n) is 11.0. The minimum Gasteiger partial charge on any atom is -0.289 e. The van der Waals surface area contributed by atoms with Crippen LogP contribution < -0.4 is 0 Å². The van der Waals surface area contributed by atoms with E-state index in [2.05, 4.69) is 34.1 Å². The van der Waals surface area contributed by atoms with Crippen LogP contribution in [0.3, 0.4) is 0 Å². The molecular weight excluding hydrogens is 300 g/mol. The van der Waals surface area contributed by atoms with Gasteiger partial charge in [-0.3, -0.25) is 4.79 Å². The van der Waals surface area contributed by atoms with Crippen molar-refractivity contribution in [1.82, 2.24) is 0 Å². The molecule has 19 heavy (non-hydrogen) atoms. The van der Waals surface area contributed by atoms with Gasteiger partial charge in [-0.2, -0.15) is 0 Å². The van der Waals surface area contributed by atoms with Crippen molar-refractivity contribution in [1.29, 1.82) is 0 Å². The highest BCUT2D eigenvalue weighted by atomic mass is 79.9. The lowest BCUT2D eigenvalue weighted by molar-refractivity contribution is 0.104. The third-order valence-electron chi connectivity index (χ3n) is 2.96. The fourth-order valence-corrected chi connectivity index (χ4v) is 2.24. The van der Waals surface area contributed by atoms with Crippen LogP contribution in [0.5, 0.6) is 0 Å². The first kappa shape index (κ1) is 13.8. The summed E-state index contributed by atoms with van der Waals surface area (Å²) in [6.07, 6.45) is 3.51. The molecule has 0 heterocycles. The Bertz CT molecular complexity index is 641. The second-order valence-electron chi connectivity index (χ2n) is 4.57. The van der Waals surface area contributed by atoms with Gasteiger partial charge in [0.2, 0.25) is 0 Å². The molecule has 0 N–H and O–H groups in total. The third kappa shape index (κ3) is 3.65. The van der Waals surface area contributed by atoms with Gasteiger partial charge in [0.25, 0.3) is 0 Å². The highest BCUT2D eigenvalue weighted by Crippen LogP contribution is 2.15. The second-order valence-corrected chi connectivity index (χ2v) is 5.48. The van der Waals surface area contributed by atoms with Crippen LogP contribution in [0.2, 0.25) is 0 Å². The summed E-state index contributed by atoms with van der Waals surface area (Å²) < 4.78 is 0.915. The lowest BCUT2D eigenvalue weighted by atomic mass is 10.0. The highest BCUT2D eigenvalue weighted by molar-refractivity contribution is 9.10. The van der Waals surface area contributed by atoms with E-state index in [1.165, 1.54) is 11.1 Å². The van der Waals surface area contributed by atoms with Crippen LogP contribution in [-0.4, -0.2) is 5.78 Å². The van der Waals surface area contributed by atoms with Crippen molar-refractivity contribution in [2.45, 2.75) is 13.8 Å². The maximum atomic E-state index is 12.1. The summed E-state index contributed by atoms with van der Waals surface area (Å²) in [6.45, 7) is 4.09. The number of allylic oxidation sites excluding steroid dienone is 1. The van der Waals surface area contributed by atoms with E-state index in [1.54, 1.807) is 6.08 Å². The molecule has 2 rings (SSSR count). The Morgan fingerprint density at radius 2 is 1.89 bits per heavy atom. The average Bonchev–Trinajstić information content (AvgIpc) is 2.39. The number of carbonyl (C=O) groups excluding carboxylic acids is 1. The number of hydrogen-bond donors (Lipinski definition) is 0. The average molecular weight is 315 g/mol. The van der Waals surface area contributed by atoms with E-state index in [4.69, 9.17) is 0 Å².